The molecule has 0 saturated heterocycles. The van der Waals surface area contributed by atoms with Gasteiger partial charge in [0.1, 0.15) is 6.29 Å². The van der Waals surface area contributed by atoms with E-state index in [1.165, 1.54) is 57.8 Å². The Morgan fingerprint density at radius 2 is 1.14 bits per heavy atom. The Bertz CT molecular complexity index is 672. The molecule has 0 N–H and O–H groups in total. The fraction of sp³-hybridized carbons (Fsp3) is 0.560. The van der Waals surface area contributed by atoms with Gasteiger partial charge in [0.25, 0.3) is 0 Å². The van der Waals surface area contributed by atoms with Crippen molar-refractivity contribution in [2.75, 3.05) is 0 Å². The lowest BCUT2D eigenvalue weighted by atomic mass is 9.87. The van der Waals surface area contributed by atoms with Gasteiger partial charge in [0.15, 0.2) is 11.6 Å². The van der Waals surface area contributed by atoms with Crippen molar-refractivity contribution in [1.29, 1.82) is 0 Å². The topological polar surface area (TPSA) is 51.2 Å². The van der Waals surface area contributed by atoms with Crippen LogP contribution in [0.5, 0.6) is 0 Å². The van der Waals surface area contributed by atoms with Crippen LogP contribution in [-0.4, -0.2) is 17.9 Å². The highest BCUT2D eigenvalue weighted by Crippen LogP contribution is 2.24. The van der Waals surface area contributed by atoms with Gasteiger partial charge in [0.05, 0.1) is 0 Å². The number of fused-ring (bicyclic) bond motifs is 1. The summed E-state index contributed by atoms with van der Waals surface area (Å²) in [7, 11) is 0. The van der Waals surface area contributed by atoms with Gasteiger partial charge < -0.3 is 4.79 Å². The van der Waals surface area contributed by atoms with Crippen LogP contribution < -0.4 is 0 Å². The molecule has 0 atom stereocenters. The standard InChI is InChI=1S/C25H34O3/c26-19-15-11-9-7-5-3-1-2-4-6-8-10-12-16-21-20-24(27)22-17-13-14-18-23(22)25(21)28/h13-14,17-20H,1-12,15-16H2. The first kappa shape index (κ1) is 22.3. The smallest absolute Gasteiger partial charge is 0.189 e. The number of benzene rings is 1. The van der Waals surface area contributed by atoms with Crippen molar-refractivity contribution in [2.45, 2.75) is 89.9 Å². The summed E-state index contributed by atoms with van der Waals surface area (Å²) in [6, 6.07) is 7.12. The summed E-state index contributed by atoms with van der Waals surface area (Å²) in [5.41, 5.74) is 1.78. The predicted octanol–water partition coefficient (Wildman–Crippen LogP) is 6.65. The van der Waals surface area contributed by atoms with Crippen LogP contribution >= 0.6 is 0 Å². The molecule has 1 aromatic rings. The van der Waals surface area contributed by atoms with Crippen LogP contribution in [-0.2, 0) is 4.79 Å². The largest absolute Gasteiger partial charge is 0.303 e. The number of carbonyl (C=O) groups excluding carboxylic acids is 3. The molecule has 0 amide bonds. The van der Waals surface area contributed by atoms with Gasteiger partial charge in [-0.25, -0.2) is 0 Å². The molecule has 28 heavy (non-hydrogen) atoms. The average Bonchev–Trinajstić information content (AvgIpc) is 2.71. The lowest BCUT2D eigenvalue weighted by molar-refractivity contribution is -0.107. The van der Waals surface area contributed by atoms with Crippen molar-refractivity contribution < 1.29 is 14.4 Å². The van der Waals surface area contributed by atoms with Crippen LogP contribution in [0.2, 0.25) is 0 Å². The van der Waals surface area contributed by atoms with E-state index < -0.39 is 0 Å². The van der Waals surface area contributed by atoms with Crippen molar-refractivity contribution in [2.24, 2.45) is 0 Å². The molecule has 2 rings (SSSR count). The molecule has 0 aliphatic heterocycles. The SMILES string of the molecule is O=CCCCCCCCCCCCCCCC1=CC(=O)c2ccccc2C1=O. The Morgan fingerprint density at radius 1 is 0.643 bits per heavy atom. The second kappa shape index (κ2) is 13.2. The molecular weight excluding hydrogens is 348 g/mol. The third-order valence-electron chi connectivity index (χ3n) is 5.55. The minimum absolute atomic E-state index is 0.0290. The zero-order valence-corrected chi connectivity index (χ0v) is 17.1. The molecule has 3 heteroatoms. The second-order valence-electron chi connectivity index (χ2n) is 7.86. The summed E-state index contributed by atoms with van der Waals surface area (Å²) in [6.07, 6.45) is 18.6. The molecule has 0 radical (unpaired) electrons. The fourth-order valence-corrected chi connectivity index (χ4v) is 3.87. The number of hydrogen-bond donors (Lipinski definition) is 0. The molecule has 0 fully saturated rings. The van der Waals surface area contributed by atoms with E-state index in [0.717, 1.165) is 32.0 Å². The molecule has 1 aliphatic carbocycles. The lowest BCUT2D eigenvalue weighted by Crippen LogP contribution is -2.16. The van der Waals surface area contributed by atoms with E-state index in [-0.39, 0.29) is 11.6 Å². The molecule has 3 nitrogen and oxygen atoms in total. The summed E-state index contributed by atoms with van der Waals surface area (Å²) in [4.78, 5) is 34.9. The molecule has 0 bridgehead atoms. The van der Waals surface area contributed by atoms with Gasteiger partial charge >= 0.3 is 0 Å². The van der Waals surface area contributed by atoms with E-state index in [9.17, 15) is 14.4 Å². The van der Waals surface area contributed by atoms with Crippen molar-refractivity contribution in [3.63, 3.8) is 0 Å². The molecule has 0 spiro atoms. The first-order chi connectivity index (χ1) is 13.7. The van der Waals surface area contributed by atoms with Crippen LogP contribution in [0, 0.1) is 0 Å². The van der Waals surface area contributed by atoms with Crippen molar-refractivity contribution in [1.82, 2.24) is 0 Å². The number of unbranched alkanes of at least 4 members (excludes halogenated alkanes) is 12. The highest BCUT2D eigenvalue weighted by Gasteiger charge is 2.24. The van der Waals surface area contributed by atoms with E-state index in [1.807, 2.05) is 6.07 Å². The summed E-state index contributed by atoms with van der Waals surface area (Å²) >= 11 is 0. The summed E-state index contributed by atoms with van der Waals surface area (Å²) in [5.74, 6) is -0.00435. The van der Waals surface area contributed by atoms with Gasteiger partial charge in [-0.05, 0) is 25.3 Å². The van der Waals surface area contributed by atoms with Crippen molar-refractivity contribution >= 4 is 17.9 Å². The Labute approximate surface area is 169 Å². The Morgan fingerprint density at radius 3 is 1.71 bits per heavy atom. The van der Waals surface area contributed by atoms with E-state index in [0.29, 0.717) is 23.1 Å². The van der Waals surface area contributed by atoms with E-state index >= 15 is 0 Å². The van der Waals surface area contributed by atoms with Crippen LogP contribution in [0.3, 0.4) is 0 Å². The third kappa shape index (κ3) is 7.53. The number of Topliss-reactive ketones (excluding diaryl/α,β-unsaturated/α-hetero) is 1. The van der Waals surface area contributed by atoms with Gasteiger partial charge in [-0.1, -0.05) is 88.5 Å². The molecule has 0 heterocycles. The van der Waals surface area contributed by atoms with Crippen LogP contribution in [0.25, 0.3) is 0 Å². The van der Waals surface area contributed by atoms with Crippen LogP contribution in [0.1, 0.15) is 111 Å². The highest BCUT2D eigenvalue weighted by atomic mass is 16.1. The van der Waals surface area contributed by atoms with E-state index in [4.69, 9.17) is 0 Å². The number of hydrogen-bond acceptors (Lipinski definition) is 3. The second-order valence-corrected chi connectivity index (χ2v) is 7.86. The minimum Gasteiger partial charge on any atom is -0.303 e. The molecule has 152 valence electrons. The lowest BCUT2D eigenvalue weighted by Gasteiger charge is -2.14. The van der Waals surface area contributed by atoms with Gasteiger partial charge in [0.2, 0.25) is 0 Å². The number of ketones is 2. The Kier molecular flexibility index (Phi) is 10.5. The maximum atomic E-state index is 12.5. The van der Waals surface area contributed by atoms with Gasteiger partial charge in [-0.2, -0.15) is 0 Å². The molecule has 0 saturated carbocycles. The number of carbonyl (C=O) groups is 3. The summed E-state index contributed by atoms with van der Waals surface area (Å²) < 4.78 is 0. The third-order valence-corrected chi connectivity index (χ3v) is 5.55. The first-order valence-corrected chi connectivity index (χ1v) is 11.1. The van der Waals surface area contributed by atoms with Crippen molar-refractivity contribution in [3.05, 3.63) is 47.0 Å². The minimum atomic E-state index is -0.0334. The Balaban J connectivity index is 1.47. The van der Waals surface area contributed by atoms with Gasteiger partial charge in [-0.15, -0.1) is 0 Å². The van der Waals surface area contributed by atoms with Gasteiger partial charge in [-0.3, -0.25) is 9.59 Å². The monoisotopic (exact) mass is 382 g/mol. The maximum absolute atomic E-state index is 12.5. The van der Waals surface area contributed by atoms with Crippen LogP contribution in [0.4, 0.5) is 0 Å². The fourth-order valence-electron chi connectivity index (χ4n) is 3.87. The molecule has 0 unspecified atom stereocenters. The zero-order chi connectivity index (χ0) is 20.0. The molecule has 1 aromatic carbocycles. The summed E-state index contributed by atoms with van der Waals surface area (Å²) in [6.45, 7) is 0. The van der Waals surface area contributed by atoms with E-state index in [2.05, 4.69) is 0 Å². The predicted molar refractivity (Wildman–Crippen MR) is 114 cm³/mol. The molecule has 1 aliphatic rings. The average molecular weight is 383 g/mol. The van der Waals surface area contributed by atoms with E-state index in [1.54, 1.807) is 24.3 Å². The quantitative estimate of drug-likeness (QED) is 0.252. The Hall–Kier alpha value is -2.03. The number of allylic oxidation sites excluding steroid dienone is 2. The first-order valence-electron chi connectivity index (χ1n) is 11.1. The number of aldehydes is 1. The van der Waals surface area contributed by atoms with Gasteiger partial charge in [0, 0.05) is 23.1 Å². The van der Waals surface area contributed by atoms with Crippen LogP contribution in [0.15, 0.2) is 35.9 Å². The zero-order valence-electron chi connectivity index (χ0n) is 17.1. The van der Waals surface area contributed by atoms with Crippen molar-refractivity contribution in [3.8, 4) is 0 Å². The number of rotatable bonds is 15. The summed E-state index contributed by atoms with van der Waals surface area (Å²) in [5, 5.41) is 0. The molecule has 0 aromatic heterocycles. The molecular formula is C25H34O3. The highest BCUT2D eigenvalue weighted by molar-refractivity contribution is 6.24. The maximum Gasteiger partial charge on any atom is 0.189 e. The normalized spacial score (nSPS) is 13.4.